The molecule has 1 fully saturated rings. The summed E-state index contributed by atoms with van der Waals surface area (Å²) in [5.74, 6) is -0.164. The fourth-order valence-corrected chi connectivity index (χ4v) is 3.63. The highest BCUT2D eigenvalue weighted by Gasteiger charge is 2.21. The summed E-state index contributed by atoms with van der Waals surface area (Å²) in [5, 5.41) is 4.55. The molecule has 0 aliphatic carbocycles. The molecule has 0 atom stereocenters. The lowest BCUT2D eigenvalue weighted by Gasteiger charge is -2.33. The molecule has 1 aliphatic rings. The predicted molar refractivity (Wildman–Crippen MR) is 109 cm³/mol. The van der Waals surface area contributed by atoms with Crippen LogP contribution >= 0.6 is 0 Å². The van der Waals surface area contributed by atoms with E-state index in [-0.39, 0.29) is 11.3 Å². The topological polar surface area (TPSA) is 107 Å². The van der Waals surface area contributed by atoms with Gasteiger partial charge in [-0.25, -0.2) is 4.68 Å². The average Bonchev–Trinajstić information content (AvgIpc) is 2.76. The largest absolute Gasteiger partial charge is 0.371 e. The molecule has 0 unspecified atom stereocenters. The molecular weight excluding hydrogens is 368 g/mol. The van der Waals surface area contributed by atoms with Crippen molar-refractivity contribution in [3.63, 3.8) is 0 Å². The number of aromatic nitrogens is 4. The number of primary amides is 1. The first kappa shape index (κ1) is 18.8. The van der Waals surface area contributed by atoms with Gasteiger partial charge in [-0.3, -0.25) is 19.6 Å². The molecule has 4 heterocycles. The molecule has 4 rings (SSSR count). The van der Waals surface area contributed by atoms with E-state index in [1.807, 2.05) is 18.2 Å². The average molecular weight is 390 g/mol. The molecule has 8 heteroatoms. The standard InChI is InChI=1S/C21H22N6O2/c22-21(29)19-13-17(5-10-24-19)26-11-6-15(7-12-26)14-27-20(28)2-1-18(25-27)16-3-8-23-9-4-16/h1-5,8-10,13,15H,6-7,11-12,14H2,(H2,22,29). The van der Waals surface area contributed by atoms with Crippen LogP contribution in [0.15, 0.2) is 59.8 Å². The fraction of sp³-hybridized carbons (Fsp3) is 0.286. The minimum Gasteiger partial charge on any atom is -0.371 e. The third-order valence-corrected chi connectivity index (χ3v) is 5.25. The van der Waals surface area contributed by atoms with E-state index in [2.05, 4.69) is 20.0 Å². The van der Waals surface area contributed by atoms with Gasteiger partial charge in [0.2, 0.25) is 0 Å². The maximum absolute atomic E-state index is 12.3. The van der Waals surface area contributed by atoms with Crippen LogP contribution in [0.3, 0.4) is 0 Å². The smallest absolute Gasteiger partial charge is 0.267 e. The van der Waals surface area contributed by atoms with E-state index in [4.69, 9.17) is 5.73 Å². The van der Waals surface area contributed by atoms with E-state index in [0.29, 0.717) is 12.5 Å². The number of carbonyl (C=O) groups excluding carboxylic acids is 1. The van der Waals surface area contributed by atoms with Crippen molar-refractivity contribution in [3.05, 3.63) is 71.0 Å². The molecule has 2 N–H and O–H groups in total. The minimum absolute atomic E-state index is 0.0922. The Morgan fingerprint density at radius 1 is 1.07 bits per heavy atom. The Hall–Kier alpha value is -3.55. The van der Waals surface area contributed by atoms with Gasteiger partial charge in [-0.15, -0.1) is 0 Å². The second-order valence-corrected chi connectivity index (χ2v) is 7.17. The van der Waals surface area contributed by atoms with Crippen molar-refractivity contribution in [2.75, 3.05) is 18.0 Å². The molecule has 0 aromatic carbocycles. The maximum atomic E-state index is 12.3. The van der Waals surface area contributed by atoms with E-state index in [1.165, 1.54) is 0 Å². The lowest BCUT2D eigenvalue weighted by Crippen LogP contribution is -2.37. The molecule has 1 aliphatic heterocycles. The normalized spacial score (nSPS) is 14.7. The number of rotatable bonds is 5. The van der Waals surface area contributed by atoms with Gasteiger partial charge in [0.05, 0.1) is 5.69 Å². The second kappa shape index (κ2) is 8.22. The van der Waals surface area contributed by atoms with Crippen molar-refractivity contribution in [2.45, 2.75) is 19.4 Å². The summed E-state index contributed by atoms with van der Waals surface area (Å²) in [6.07, 6.45) is 6.90. The minimum atomic E-state index is -0.527. The van der Waals surface area contributed by atoms with Crippen LogP contribution in [0.5, 0.6) is 0 Å². The Morgan fingerprint density at radius 3 is 2.55 bits per heavy atom. The molecule has 148 valence electrons. The van der Waals surface area contributed by atoms with Gasteiger partial charge in [-0.05, 0) is 49.1 Å². The summed E-state index contributed by atoms with van der Waals surface area (Å²) in [6, 6.07) is 10.7. The molecule has 1 amide bonds. The summed E-state index contributed by atoms with van der Waals surface area (Å²) in [4.78, 5) is 33.9. The van der Waals surface area contributed by atoms with Crippen LogP contribution in [0.25, 0.3) is 11.3 Å². The Kier molecular flexibility index (Phi) is 5.33. The summed E-state index contributed by atoms with van der Waals surface area (Å²) in [5.41, 5.74) is 8.15. The molecule has 3 aromatic rings. The number of anilines is 1. The number of amides is 1. The SMILES string of the molecule is NC(=O)c1cc(N2CCC(Cn3nc(-c4ccncc4)ccc3=O)CC2)ccn1. The van der Waals surface area contributed by atoms with Crippen molar-refractivity contribution in [3.8, 4) is 11.3 Å². The highest BCUT2D eigenvalue weighted by atomic mass is 16.1. The van der Waals surface area contributed by atoms with Gasteiger partial charge in [-0.2, -0.15) is 5.10 Å². The van der Waals surface area contributed by atoms with Crippen LogP contribution in [-0.4, -0.2) is 38.7 Å². The first-order valence-corrected chi connectivity index (χ1v) is 9.59. The lowest BCUT2D eigenvalue weighted by atomic mass is 9.96. The van der Waals surface area contributed by atoms with Crippen molar-refractivity contribution in [1.29, 1.82) is 0 Å². The number of nitrogens with two attached hydrogens (primary N) is 1. The molecule has 0 radical (unpaired) electrons. The van der Waals surface area contributed by atoms with E-state index in [0.717, 1.165) is 42.9 Å². The highest BCUT2D eigenvalue weighted by Crippen LogP contribution is 2.24. The quantitative estimate of drug-likeness (QED) is 0.711. The van der Waals surface area contributed by atoms with Gasteiger partial charge in [-0.1, -0.05) is 0 Å². The predicted octanol–water partition coefficient (Wildman–Crippen LogP) is 1.72. The number of hydrogen-bond donors (Lipinski definition) is 1. The first-order chi connectivity index (χ1) is 14.1. The zero-order valence-corrected chi connectivity index (χ0v) is 15.9. The number of nitrogens with zero attached hydrogens (tertiary/aromatic N) is 5. The monoisotopic (exact) mass is 390 g/mol. The summed E-state index contributed by atoms with van der Waals surface area (Å²) < 4.78 is 1.56. The van der Waals surface area contributed by atoms with Crippen LogP contribution < -0.4 is 16.2 Å². The Bertz CT molecular complexity index is 1060. The second-order valence-electron chi connectivity index (χ2n) is 7.17. The van der Waals surface area contributed by atoms with Crippen molar-refractivity contribution >= 4 is 11.6 Å². The van der Waals surface area contributed by atoms with Crippen LogP contribution in [0.2, 0.25) is 0 Å². The van der Waals surface area contributed by atoms with Crippen molar-refractivity contribution in [2.24, 2.45) is 11.7 Å². The summed E-state index contributed by atoms with van der Waals surface area (Å²) in [6.45, 7) is 2.27. The number of piperidine rings is 1. The molecule has 0 saturated carbocycles. The molecule has 1 saturated heterocycles. The Morgan fingerprint density at radius 2 is 1.83 bits per heavy atom. The number of pyridine rings is 2. The summed E-state index contributed by atoms with van der Waals surface area (Å²) >= 11 is 0. The Balaban J connectivity index is 1.43. The third-order valence-electron chi connectivity index (χ3n) is 5.25. The maximum Gasteiger partial charge on any atom is 0.267 e. The van der Waals surface area contributed by atoms with Crippen molar-refractivity contribution < 1.29 is 4.79 Å². The zero-order chi connectivity index (χ0) is 20.2. The van der Waals surface area contributed by atoms with Gasteiger partial charge < -0.3 is 10.6 Å². The van der Waals surface area contributed by atoms with E-state index >= 15 is 0 Å². The van der Waals surface area contributed by atoms with Gasteiger partial charge in [0.15, 0.2) is 0 Å². The van der Waals surface area contributed by atoms with E-state index in [9.17, 15) is 9.59 Å². The van der Waals surface area contributed by atoms with E-state index in [1.54, 1.807) is 41.5 Å². The van der Waals surface area contributed by atoms with Gasteiger partial charge >= 0.3 is 0 Å². The van der Waals surface area contributed by atoms with Gasteiger partial charge in [0.1, 0.15) is 5.69 Å². The number of carbonyl (C=O) groups is 1. The van der Waals surface area contributed by atoms with E-state index < -0.39 is 5.91 Å². The molecule has 3 aromatic heterocycles. The Labute approximate surface area is 168 Å². The third kappa shape index (κ3) is 4.31. The lowest BCUT2D eigenvalue weighted by molar-refractivity contribution is 0.0995. The molecule has 29 heavy (non-hydrogen) atoms. The number of hydrogen-bond acceptors (Lipinski definition) is 6. The molecular formula is C21H22N6O2. The van der Waals surface area contributed by atoms with Crippen LogP contribution in [0.4, 0.5) is 5.69 Å². The highest BCUT2D eigenvalue weighted by molar-refractivity contribution is 5.91. The molecule has 0 bridgehead atoms. The van der Waals surface area contributed by atoms with Gasteiger partial charge in [0.25, 0.3) is 11.5 Å². The molecule has 8 nitrogen and oxygen atoms in total. The summed E-state index contributed by atoms with van der Waals surface area (Å²) in [7, 11) is 0. The van der Waals surface area contributed by atoms with Gasteiger partial charge in [0, 0.05) is 55.5 Å². The van der Waals surface area contributed by atoms with Crippen molar-refractivity contribution in [1.82, 2.24) is 19.7 Å². The van der Waals surface area contributed by atoms with Crippen LogP contribution in [0.1, 0.15) is 23.3 Å². The molecule has 0 spiro atoms. The van der Waals surface area contributed by atoms with Crippen LogP contribution in [-0.2, 0) is 6.54 Å². The zero-order valence-electron chi connectivity index (χ0n) is 15.9. The van der Waals surface area contributed by atoms with Crippen LogP contribution in [0, 0.1) is 5.92 Å². The first-order valence-electron chi connectivity index (χ1n) is 9.59. The fourth-order valence-electron chi connectivity index (χ4n) is 3.63.